The number of carbonyl (C=O) groups is 1. The van der Waals surface area contributed by atoms with Crippen molar-refractivity contribution >= 4 is 5.91 Å². The summed E-state index contributed by atoms with van der Waals surface area (Å²) in [5, 5.41) is 6.02. The van der Waals surface area contributed by atoms with Crippen LogP contribution < -0.4 is 10.6 Å². The first-order valence-corrected chi connectivity index (χ1v) is 6.78. The lowest BCUT2D eigenvalue weighted by molar-refractivity contribution is -0.120. The van der Waals surface area contributed by atoms with Crippen LogP contribution in [0.3, 0.4) is 0 Å². The van der Waals surface area contributed by atoms with Crippen molar-refractivity contribution < 1.29 is 9.53 Å². The first-order valence-electron chi connectivity index (χ1n) is 6.78. The molecule has 0 aromatic heterocycles. The van der Waals surface area contributed by atoms with Gasteiger partial charge in [0.1, 0.15) is 0 Å². The molecule has 1 amide bonds. The Bertz CT molecular complexity index is 210. The summed E-state index contributed by atoms with van der Waals surface area (Å²) in [4.78, 5) is 13.6. The van der Waals surface area contributed by atoms with Gasteiger partial charge in [0.25, 0.3) is 0 Å². The van der Waals surface area contributed by atoms with E-state index >= 15 is 0 Å². The second-order valence-corrected chi connectivity index (χ2v) is 4.85. The first-order chi connectivity index (χ1) is 8.56. The monoisotopic (exact) mass is 259 g/mol. The van der Waals surface area contributed by atoms with Gasteiger partial charge < -0.3 is 20.3 Å². The highest BCUT2D eigenvalue weighted by atomic mass is 16.5. The summed E-state index contributed by atoms with van der Waals surface area (Å²) in [6.07, 6.45) is 2.12. The summed E-state index contributed by atoms with van der Waals surface area (Å²) in [6, 6.07) is 0.264. The van der Waals surface area contributed by atoms with Gasteiger partial charge in [0, 0.05) is 19.1 Å². The molecule has 1 atom stereocenters. The molecule has 0 saturated carbocycles. The molecule has 5 heteroatoms. The maximum Gasteiger partial charge on any atom is 0.234 e. The van der Waals surface area contributed by atoms with Crippen LogP contribution in [-0.2, 0) is 9.53 Å². The van der Waals surface area contributed by atoms with Crippen LogP contribution in [0.1, 0.15) is 26.7 Å². The smallest absolute Gasteiger partial charge is 0.234 e. The summed E-state index contributed by atoms with van der Waals surface area (Å²) in [6.45, 7) is 7.53. The average Bonchev–Trinajstić information content (AvgIpc) is 2.27. The van der Waals surface area contributed by atoms with Crippen LogP contribution in [0, 0.1) is 0 Å². The molecule has 0 heterocycles. The Kier molecular flexibility index (Phi) is 11.0. The number of rotatable bonds is 11. The third-order valence-electron chi connectivity index (χ3n) is 2.52. The summed E-state index contributed by atoms with van der Waals surface area (Å²) in [5.41, 5.74) is 0. The van der Waals surface area contributed by atoms with Crippen molar-refractivity contribution in [2.24, 2.45) is 0 Å². The van der Waals surface area contributed by atoms with E-state index in [0.717, 1.165) is 26.0 Å². The molecule has 0 spiro atoms. The molecule has 0 saturated heterocycles. The summed E-state index contributed by atoms with van der Waals surface area (Å²) >= 11 is 0. The summed E-state index contributed by atoms with van der Waals surface area (Å²) in [7, 11) is 4.03. The van der Waals surface area contributed by atoms with Gasteiger partial charge in [0.2, 0.25) is 5.91 Å². The molecule has 0 aliphatic carbocycles. The van der Waals surface area contributed by atoms with Gasteiger partial charge >= 0.3 is 0 Å². The highest BCUT2D eigenvalue weighted by Crippen LogP contribution is 1.93. The predicted octanol–water partition coefficient (Wildman–Crippen LogP) is 0.459. The van der Waals surface area contributed by atoms with E-state index in [1.807, 2.05) is 21.0 Å². The fourth-order valence-corrected chi connectivity index (χ4v) is 1.53. The number of likely N-dealkylation sites (N-methyl/N-ethyl adjacent to an activating group) is 1. The highest BCUT2D eigenvalue weighted by Gasteiger charge is 2.05. The quantitative estimate of drug-likeness (QED) is 0.529. The zero-order valence-corrected chi connectivity index (χ0v) is 12.3. The molecule has 18 heavy (non-hydrogen) atoms. The Morgan fingerprint density at radius 2 is 2.06 bits per heavy atom. The van der Waals surface area contributed by atoms with E-state index in [1.54, 1.807) is 0 Å². The van der Waals surface area contributed by atoms with E-state index in [9.17, 15) is 4.79 Å². The minimum Gasteiger partial charge on any atom is -0.379 e. The van der Waals surface area contributed by atoms with Gasteiger partial charge in [-0.25, -0.2) is 0 Å². The van der Waals surface area contributed by atoms with Crippen LogP contribution in [0.25, 0.3) is 0 Å². The molecule has 0 fully saturated rings. The topological polar surface area (TPSA) is 53.6 Å². The molecular weight excluding hydrogens is 230 g/mol. The number of hydrogen-bond donors (Lipinski definition) is 2. The third-order valence-corrected chi connectivity index (χ3v) is 2.52. The molecule has 5 nitrogen and oxygen atoms in total. The maximum atomic E-state index is 11.5. The second-order valence-electron chi connectivity index (χ2n) is 4.85. The lowest BCUT2D eigenvalue weighted by Crippen LogP contribution is -2.39. The molecular formula is C13H29N3O2. The third kappa shape index (κ3) is 11.8. The maximum absolute atomic E-state index is 11.5. The van der Waals surface area contributed by atoms with Crippen LogP contribution in [0.2, 0.25) is 0 Å². The van der Waals surface area contributed by atoms with E-state index in [2.05, 4.69) is 22.5 Å². The summed E-state index contributed by atoms with van der Waals surface area (Å²) < 4.78 is 5.41. The zero-order valence-electron chi connectivity index (χ0n) is 12.3. The molecule has 0 aromatic rings. The molecule has 108 valence electrons. The number of nitrogens with zero attached hydrogens (tertiary/aromatic N) is 1. The van der Waals surface area contributed by atoms with Gasteiger partial charge in [-0.2, -0.15) is 0 Å². The Hall–Kier alpha value is -0.650. The molecule has 0 aliphatic rings. The van der Waals surface area contributed by atoms with Crippen molar-refractivity contribution in [1.82, 2.24) is 15.5 Å². The van der Waals surface area contributed by atoms with Crippen LogP contribution in [0.15, 0.2) is 0 Å². The van der Waals surface area contributed by atoms with Crippen molar-refractivity contribution in [2.45, 2.75) is 32.7 Å². The molecule has 1 unspecified atom stereocenters. The van der Waals surface area contributed by atoms with Crippen molar-refractivity contribution in [3.8, 4) is 0 Å². The Balaban J connectivity index is 3.30. The average molecular weight is 259 g/mol. The standard InChI is InChI=1S/C13H29N3O2/c1-5-6-12(2)15-13(17)11-14-7-9-18-10-8-16(3)4/h12,14H,5-11H2,1-4H3,(H,15,17). The predicted molar refractivity (Wildman–Crippen MR) is 74.8 cm³/mol. The van der Waals surface area contributed by atoms with Gasteiger partial charge in [-0.15, -0.1) is 0 Å². The fraction of sp³-hybridized carbons (Fsp3) is 0.923. The molecule has 2 N–H and O–H groups in total. The van der Waals surface area contributed by atoms with Crippen molar-refractivity contribution in [1.29, 1.82) is 0 Å². The molecule has 0 radical (unpaired) electrons. The lowest BCUT2D eigenvalue weighted by atomic mass is 10.2. The number of amides is 1. The van der Waals surface area contributed by atoms with Crippen LogP contribution in [-0.4, -0.2) is 63.8 Å². The summed E-state index contributed by atoms with van der Waals surface area (Å²) in [5.74, 6) is 0.0595. The van der Waals surface area contributed by atoms with Gasteiger partial charge in [-0.05, 0) is 27.4 Å². The van der Waals surface area contributed by atoms with E-state index in [4.69, 9.17) is 4.74 Å². The minimum atomic E-state index is 0.0595. The fourth-order valence-electron chi connectivity index (χ4n) is 1.53. The molecule has 0 rings (SSSR count). The van der Waals surface area contributed by atoms with Gasteiger partial charge in [0.05, 0.1) is 19.8 Å². The highest BCUT2D eigenvalue weighted by molar-refractivity contribution is 5.78. The molecule has 0 aromatic carbocycles. The largest absolute Gasteiger partial charge is 0.379 e. The number of ether oxygens (including phenoxy) is 1. The Labute approximate surface area is 111 Å². The lowest BCUT2D eigenvalue weighted by Gasteiger charge is -2.13. The SMILES string of the molecule is CCCC(C)NC(=O)CNCCOCCN(C)C. The van der Waals surface area contributed by atoms with E-state index in [0.29, 0.717) is 19.7 Å². The molecule has 0 bridgehead atoms. The normalized spacial score (nSPS) is 12.7. The van der Waals surface area contributed by atoms with Gasteiger partial charge in [-0.3, -0.25) is 4.79 Å². The van der Waals surface area contributed by atoms with Crippen LogP contribution in [0.4, 0.5) is 0 Å². The van der Waals surface area contributed by atoms with Gasteiger partial charge in [-0.1, -0.05) is 13.3 Å². The van der Waals surface area contributed by atoms with Gasteiger partial charge in [0.15, 0.2) is 0 Å². The van der Waals surface area contributed by atoms with Crippen molar-refractivity contribution in [3.63, 3.8) is 0 Å². The minimum absolute atomic E-state index is 0.0595. The van der Waals surface area contributed by atoms with E-state index in [-0.39, 0.29) is 11.9 Å². The molecule has 0 aliphatic heterocycles. The Morgan fingerprint density at radius 1 is 1.33 bits per heavy atom. The van der Waals surface area contributed by atoms with Crippen LogP contribution in [0.5, 0.6) is 0 Å². The Morgan fingerprint density at radius 3 is 2.67 bits per heavy atom. The van der Waals surface area contributed by atoms with Crippen molar-refractivity contribution in [3.05, 3.63) is 0 Å². The number of hydrogen-bond acceptors (Lipinski definition) is 4. The number of carbonyl (C=O) groups excluding carboxylic acids is 1. The van der Waals surface area contributed by atoms with E-state index < -0.39 is 0 Å². The second kappa shape index (κ2) is 11.4. The first kappa shape index (κ1) is 17.4. The zero-order chi connectivity index (χ0) is 13.8. The number of nitrogens with one attached hydrogen (secondary N) is 2. The van der Waals surface area contributed by atoms with Crippen molar-refractivity contribution in [2.75, 3.05) is 46.9 Å². The van der Waals surface area contributed by atoms with E-state index in [1.165, 1.54) is 0 Å². The van der Waals surface area contributed by atoms with Crippen LogP contribution >= 0.6 is 0 Å².